The third kappa shape index (κ3) is 2.70. The minimum atomic E-state index is 0.357. The Morgan fingerprint density at radius 2 is 2.19 bits per heavy atom. The van der Waals surface area contributed by atoms with Crippen LogP contribution in [0.5, 0.6) is 0 Å². The number of hydrogen-bond acceptors (Lipinski definition) is 4. The van der Waals surface area contributed by atoms with Gasteiger partial charge in [-0.05, 0) is 25.3 Å². The van der Waals surface area contributed by atoms with Gasteiger partial charge in [0, 0.05) is 31.0 Å². The molecule has 88 valence electrons. The van der Waals surface area contributed by atoms with Gasteiger partial charge in [0.25, 0.3) is 0 Å². The molecule has 2 N–H and O–H groups in total. The Morgan fingerprint density at radius 1 is 1.44 bits per heavy atom. The highest BCUT2D eigenvalue weighted by Gasteiger charge is 2.18. The van der Waals surface area contributed by atoms with Crippen molar-refractivity contribution < 1.29 is 0 Å². The molecule has 2 heterocycles. The molecule has 0 bridgehead atoms. The molecule has 4 heteroatoms. The van der Waals surface area contributed by atoms with E-state index in [9.17, 15) is 0 Å². The van der Waals surface area contributed by atoms with Crippen LogP contribution >= 0.6 is 0 Å². The Morgan fingerprint density at radius 3 is 2.88 bits per heavy atom. The Bertz CT molecular complexity index is 332. The predicted molar refractivity (Wildman–Crippen MR) is 65.4 cm³/mol. The fourth-order valence-electron chi connectivity index (χ4n) is 2.03. The van der Waals surface area contributed by atoms with Gasteiger partial charge in [0.15, 0.2) is 0 Å². The van der Waals surface area contributed by atoms with E-state index in [-0.39, 0.29) is 0 Å². The van der Waals surface area contributed by atoms with Gasteiger partial charge in [-0.15, -0.1) is 0 Å². The van der Waals surface area contributed by atoms with E-state index in [1.807, 2.05) is 12.3 Å². The molecule has 0 radical (unpaired) electrons. The molecule has 4 nitrogen and oxygen atoms in total. The molecule has 0 aromatic carbocycles. The van der Waals surface area contributed by atoms with E-state index >= 15 is 0 Å². The largest absolute Gasteiger partial charge is 0.341 e. The second-order valence-corrected chi connectivity index (χ2v) is 4.42. The number of aromatic nitrogens is 2. The molecule has 0 aliphatic carbocycles. The summed E-state index contributed by atoms with van der Waals surface area (Å²) in [5.41, 5.74) is 7.03. The van der Waals surface area contributed by atoms with Crippen molar-refractivity contribution in [1.29, 1.82) is 0 Å². The van der Waals surface area contributed by atoms with Crippen molar-refractivity contribution in [3.8, 4) is 0 Å². The highest BCUT2D eigenvalue weighted by Crippen LogP contribution is 2.15. The smallest absolute Gasteiger partial charge is 0.225 e. The van der Waals surface area contributed by atoms with Gasteiger partial charge in [0.2, 0.25) is 5.95 Å². The summed E-state index contributed by atoms with van der Waals surface area (Å²) in [4.78, 5) is 11.2. The SMILES string of the molecule is CCCc1ccnc(N2CCC(N)CC2)n1. The maximum atomic E-state index is 5.89. The minimum absolute atomic E-state index is 0.357. The Labute approximate surface area is 96.9 Å². The standard InChI is InChI=1S/C12H20N4/c1-2-3-11-4-7-14-12(15-11)16-8-5-10(13)6-9-16/h4,7,10H,2-3,5-6,8-9,13H2,1H3. The first kappa shape index (κ1) is 11.3. The summed E-state index contributed by atoms with van der Waals surface area (Å²) in [6.07, 6.45) is 6.11. The normalized spacial score (nSPS) is 17.8. The van der Waals surface area contributed by atoms with E-state index in [4.69, 9.17) is 5.73 Å². The third-order valence-corrected chi connectivity index (χ3v) is 3.03. The van der Waals surface area contributed by atoms with Crippen LogP contribution in [-0.2, 0) is 6.42 Å². The lowest BCUT2D eigenvalue weighted by Crippen LogP contribution is -2.40. The van der Waals surface area contributed by atoms with Crippen molar-refractivity contribution >= 4 is 5.95 Å². The van der Waals surface area contributed by atoms with E-state index in [1.54, 1.807) is 0 Å². The van der Waals surface area contributed by atoms with Crippen molar-refractivity contribution in [2.75, 3.05) is 18.0 Å². The number of nitrogens with zero attached hydrogens (tertiary/aromatic N) is 3. The van der Waals surface area contributed by atoms with Crippen molar-refractivity contribution in [2.24, 2.45) is 5.73 Å². The van der Waals surface area contributed by atoms with Crippen LogP contribution in [0.25, 0.3) is 0 Å². The molecule has 0 saturated carbocycles. The molecule has 0 unspecified atom stereocenters. The zero-order valence-electron chi connectivity index (χ0n) is 9.89. The minimum Gasteiger partial charge on any atom is -0.341 e. The van der Waals surface area contributed by atoms with Crippen molar-refractivity contribution in [3.63, 3.8) is 0 Å². The van der Waals surface area contributed by atoms with Crippen molar-refractivity contribution in [2.45, 2.75) is 38.6 Å². The highest BCUT2D eigenvalue weighted by molar-refractivity contribution is 5.31. The first-order chi connectivity index (χ1) is 7.79. The molecule has 1 saturated heterocycles. The molecule has 16 heavy (non-hydrogen) atoms. The van der Waals surface area contributed by atoms with Crippen LogP contribution in [0.4, 0.5) is 5.95 Å². The summed E-state index contributed by atoms with van der Waals surface area (Å²) in [5, 5.41) is 0. The van der Waals surface area contributed by atoms with Crippen molar-refractivity contribution in [1.82, 2.24) is 9.97 Å². The maximum absolute atomic E-state index is 5.89. The quantitative estimate of drug-likeness (QED) is 0.835. The van der Waals surface area contributed by atoms with Gasteiger partial charge in [-0.3, -0.25) is 0 Å². The van der Waals surface area contributed by atoms with Gasteiger partial charge in [-0.25, -0.2) is 9.97 Å². The van der Waals surface area contributed by atoms with Gasteiger partial charge in [0.1, 0.15) is 0 Å². The van der Waals surface area contributed by atoms with Crippen LogP contribution in [0, 0.1) is 0 Å². The summed E-state index contributed by atoms with van der Waals surface area (Å²) < 4.78 is 0. The molecular formula is C12H20N4. The number of aryl methyl sites for hydroxylation is 1. The van der Waals surface area contributed by atoms with Gasteiger partial charge in [-0.2, -0.15) is 0 Å². The lowest BCUT2D eigenvalue weighted by molar-refractivity contribution is 0.495. The Balaban J connectivity index is 2.05. The van der Waals surface area contributed by atoms with E-state index in [2.05, 4.69) is 21.8 Å². The van der Waals surface area contributed by atoms with Crippen LogP contribution in [0.3, 0.4) is 0 Å². The van der Waals surface area contributed by atoms with E-state index in [1.165, 1.54) is 0 Å². The van der Waals surface area contributed by atoms with Crippen LogP contribution in [0.2, 0.25) is 0 Å². The summed E-state index contributed by atoms with van der Waals surface area (Å²) in [5.74, 6) is 0.873. The molecule has 0 spiro atoms. The molecule has 1 aromatic heterocycles. The number of piperidine rings is 1. The monoisotopic (exact) mass is 220 g/mol. The zero-order chi connectivity index (χ0) is 11.4. The first-order valence-electron chi connectivity index (χ1n) is 6.12. The summed E-state index contributed by atoms with van der Waals surface area (Å²) in [6.45, 7) is 4.13. The fraction of sp³-hybridized carbons (Fsp3) is 0.667. The van der Waals surface area contributed by atoms with Gasteiger partial charge in [-0.1, -0.05) is 13.3 Å². The van der Waals surface area contributed by atoms with E-state index in [0.29, 0.717) is 6.04 Å². The maximum Gasteiger partial charge on any atom is 0.225 e. The van der Waals surface area contributed by atoms with E-state index < -0.39 is 0 Å². The second-order valence-electron chi connectivity index (χ2n) is 4.42. The third-order valence-electron chi connectivity index (χ3n) is 3.03. The predicted octanol–water partition coefficient (Wildman–Crippen LogP) is 1.36. The topological polar surface area (TPSA) is 55.0 Å². The average molecular weight is 220 g/mol. The number of nitrogens with two attached hydrogens (primary N) is 1. The number of anilines is 1. The molecule has 1 fully saturated rings. The first-order valence-corrected chi connectivity index (χ1v) is 6.12. The molecule has 1 aliphatic heterocycles. The lowest BCUT2D eigenvalue weighted by Gasteiger charge is -2.30. The van der Waals surface area contributed by atoms with Crippen LogP contribution in [-0.4, -0.2) is 29.1 Å². The van der Waals surface area contributed by atoms with Crippen molar-refractivity contribution in [3.05, 3.63) is 18.0 Å². The molecule has 2 rings (SSSR count). The molecule has 0 atom stereocenters. The summed E-state index contributed by atoms with van der Waals surface area (Å²) in [6, 6.07) is 2.36. The molecule has 1 aromatic rings. The summed E-state index contributed by atoms with van der Waals surface area (Å²) >= 11 is 0. The van der Waals surface area contributed by atoms with Crippen LogP contribution in [0.1, 0.15) is 31.9 Å². The number of rotatable bonds is 3. The second kappa shape index (κ2) is 5.25. The molecule has 1 aliphatic rings. The Kier molecular flexibility index (Phi) is 3.72. The number of hydrogen-bond donors (Lipinski definition) is 1. The highest BCUT2D eigenvalue weighted by atomic mass is 15.3. The van der Waals surface area contributed by atoms with Gasteiger partial charge >= 0.3 is 0 Å². The Hall–Kier alpha value is -1.16. The van der Waals surface area contributed by atoms with E-state index in [0.717, 1.165) is 50.4 Å². The van der Waals surface area contributed by atoms with Gasteiger partial charge < -0.3 is 10.6 Å². The van der Waals surface area contributed by atoms with Crippen LogP contribution in [0.15, 0.2) is 12.3 Å². The summed E-state index contributed by atoms with van der Waals surface area (Å²) in [7, 11) is 0. The average Bonchev–Trinajstić information content (AvgIpc) is 2.31. The fourth-order valence-corrected chi connectivity index (χ4v) is 2.03. The zero-order valence-corrected chi connectivity index (χ0v) is 9.89. The molecule has 0 amide bonds. The molecular weight excluding hydrogens is 200 g/mol. The lowest BCUT2D eigenvalue weighted by atomic mass is 10.1. The van der Waals surface area contributed by atoms with Gasteiger partial charge in [0.05, 0.1) is 0 Å². The van der Waals surface area contributed by atoms with Crippen LogP contribution < -0.4 is 10.6 Å².